The highest BCUT2D eigenvalue weighted by Gasteiger charge is 2.45. The zero-order valence-electron chi connectivity index (χ0n) is 13.3. The molecule has 2 amide bonds. The Labute approximate surface area is 135 Å². The number of H-pyrrole nitrogens is 1. The summed E-state index contributed by atoms with van der Waals surface area (Å²) in [7, 11) is 1.60. The van der Waals surface area contributed by atoms with Gasteiger partial charge >= 0.3 is 0 Å². The van der Waals surface area contributed by atoms with Gasteiger partial charge in [0.2, 0.25) is 5.91 Å². The lowest BCUT2D eigenvalue weighted by atomic mass is 9.82. The van der Waals surface area contributed by atoms with Crippen LogP contribution >= 0.6 is 0 Å². The van der Waals surface area contributed by atoms with Gasteiger partial charge in [-0.25, -0.2) is 0 Å². The number of aromatic amines is 1. The fourth-order valence-corrected chi connectivity index (χ4v) is 3.47. The molecule has 7 heteroatoms. The van der Waals surface area contributed by atoms with Crippen LogP contribution in [0, 0.1) is 11.8 Å². The highest BCUT2D eigenvalue weighted by Crippen LogP contribution is 2.34. The Balaban J connectivity index is 1.70. The van der Waals surface area contributed by atoms with Crippen LogP contribution in [0.4, 0.5) is 0 Å². The molecule has 0 unspecified atom stereocenters. The number of hydrogen-bond donors (Lipinski definition) is 2. The van der Waals surface area contributed by atoms with Crippen LogP contribution in [0.1, 0.15) is 16.8 Å². The molecule has 0 aliphatic carbocycles. The number of ether oxygens (including phenoxy) is 2. The molecule has 2 N–H and O–H groups in total. The zero-order chi connectivity index (χ0) is 16.2. The van der Waals surface area contributed by atoms with Gasteiger partial charge in [0.25, 0.3) is 5.91 Å². The van der Waals surface area contributed by atoms with Crippen LogP contribution in [-0.4, -0.2) is 67.8 Å². The van der Waals surface area contributed by atoms with Crippen LogP contribution in [-0.2, 0) is 14.3 Å². The van der Waals surface area contributed by atoms with Crippen LogP contribution in [0.25, 0.3) is 0 Å². The number of nitrogens with zero attached hydrogens (tertiary/aromatic N) is 1. The van der Waals surface area contributed by atoms with Gasteiger partial charge in [-0.2, -0.15) is 0 Å². The molecule has 2 saturated heterocycles. The lowest BCUT2D eigenvalue weighted by Crippen LogP contribution is -2.54. The molecule has 7 nitrogen and oxygen atoms in total. The topological polar surface area (TPSA) is 83.7 Å². The number of methoxy groups -OCH3 is 1. The van der Waals surface area contributed by atoms with E-state index >= 15 is 0 Å². The molecule has 0 aromatic carbocycles. The van der Waals surface area contributed by atoms with Crippen molar-refractivity contribution in [3.8, 4) is 0 Å². The second-order valence-electron chi connectivity index (χ2n) is 6.06. The highest BCUT2D eigenvalue weighted by atomic mass is 16.5. The predicted molar refractivity (Wildman–Crippen MR) is 82.9 cm³/mol. The largest absolute Gasteiger partial charge is 0.383 e. The van der Waals surface area contributed by atoms with Gasteiger partial charge in [0, 0.05) is 51.7 Å². The third-order valence-corrected chi connectivity index (χ3v) is 4.67. The monoisotopic (exact) mass is 321 g/mol. The van der Waals surface area contributed by atoms with Crippen molar-refractivity contribution in [3.05, 3.63) is 24.0 Å². The first-order chi connectivity index (χ1) is 11.2. The Morgan fingerprint density at radius 3 is 3.09 bits per heavy atom. The normalized spacial score (nSPS) is 26.8. The molecule has 0 radical (unpaired) electrons. The van der Waals surface area contributed by atoms with Crippen LogP contribution in [0.5, 0.6) is 0 Å². The minimum absolute atomic E-state index is 0.0193. The Bertz CT molecular complexity index is 546. The molecule has 3 atom stereocenters. The maximum Gasteiger partial charge on any atom is 0.255 e. The van der Waals surface area contributed by atoms with Crippen molar-refractivity contribution >= 4 is 11.8 Å². The van der Waals surface area contributed by atoms with E-state index < -0.39 is 0 Å². The SMILES string of the molecule is COCCNC(=O)[C@@H]1CN(C(=O)c2cc[nH]c2)C[C@H]2OCC[C@H]21. The summed E-state index contributed by atoms with van der Waals surface area (Å²) in [6.45, 7) is 2.61. The summed E-state index contributed by atoms with van der Waals surface area (Å²) in [5.41, 5.74) is 0.611. The van der Waals surface area contributed by atoms with Crippen molar-refractivity contribution in [1.82, 2.24) is 15.2 Å². The van der Waals surface area contributed by atoms with E-state index in [-0.39, 0.29) is 29.8 Å². The molecular formula is C16H23N3O4. The van der Waals surface area contributed by atoms with E-state index in [4.69, 9.17) is 9.47 Å². The average molecular weight is 321 g/mol. The quantitative estimate of drug-likeness (QED) is 0.762. The van der Waals surface area contributed by atoms with Crippen molar-refractivity contribution in [1.29, 1.82) is 0 Å². The summed E-state index contributed by atoms with van der Waals surface area (Å²) in [5, 5.41) is 2.90. The number of carbonyl (C=O) groups excluding carboxylic acids is 2. The second kappa shape index (κ2) is 7.14. The summed E-state index contributed by atoms with van der Waals surface area (Å²) >= 11 is 0. The molecule has 3 rings (SSSR count). The number of amides is 2. The van der Waals surface area contributed by atoms with Gasteiger partial charge < -0.3 is 24.7 Å². The molecule has 1 aromatic heterocycles. The van der Waals surface area contributed by atoms with E-state index in [1.807, 2.05) is 0 Å². The molecular weight excluding hydrogens is 298 g/mol. The number of fused-ring (bicyclic) bond motifs is 1. The zero-order valence-corrected chi connectivity index (χ0v) is 13.3. The minimum atomic E-state index is -0.226. The van der Waals surface area contributed by atoms with Crippen LogP contribution in [0.3, 0.4) is 0 Å². The Kier molecular flexibility index (Phi) is 4.97. The third-order valence-electron chi connectivity index (χ3n) is 4.67. The summed E-state index contributed by atoms with van der Waals surface area (Å²) in [6, 6.07) is 1.75. The second-order valence-corrected chi connectivity index (χ2v) is 6.06. The Morgan fingerprint density at radius 1 is 1.48 bits per heavy atom. The van der Waals surface area contributed by atoms with Crippen LogP contribution in [0.2, 0.25) is 0 Å². The van der Waals surface area contributed by atoms with E-state index in [1.54, 1.807) is 30.5 Å². The first kappa shape index (κ1) is 16.0. The number of rotatable bonds is 5. The lowest BCUT2D eigenvalue weighted by molar-refractivity contribution is -0.130. The smallest absolute Gasteiger partial charge is 0.255 e. The fraction of sp³-hybridized carbons (Fsp3) is 0.625. The van der Waals surface area contributed by atoms with Gasteiger partial charge in [0.05, 0.1) is 24.2 Å². The van der Waals surface area contributed by atoms with Crippen molar-refractivity contribution in [3.63, 3.8) is 0 Å². The van der Waals surface area contributed by atoms with Crippen molar-refractivity contribution in [2.45, 2.75) is 12.5 Å². The number of piperidine rings is 1. The lowest BCUT2D eigenvalue weighted by Gasteiger charge is -2.39. The molecule has 126 valence electrons. The summed E-state index contributed by atoms with van der Waals surface area (Å²) < 4.78 is 10.7. The van der Waals surface area contributed by atoms with Gasteiger partial charge in [-0.3, -0.25) is 9.59 Å². The fourth-order valence-electron chi connectivity index (χ4n) is 3.47. The molecule has 0 bridgehead atoms. The average Bonchev–Trinajstić information content (AvgIpc) is 3.24. The van der Waals surface area contributed by atoms with Crippen LogP contribution in [0.15, 0.2) is 18.5 Å². The predicted octanol–water partition coefficient (Wildman–Crippen LogP) is 0.254. The van der Waals surface area contributed by atoms with Gasteiger partial charge in [-0.05, 0) is 12.5 Å². The molecule has 2 aliphatic rings. The van der Waals surface area contributed by atoms with Gasteiger partial charge in [0.1, 0.15) is 0 Å². The number of aromatic nitrogens is 1. The van der Waals surface area contributed by atoms with Gasteiger partial charge in [0.15, 0.2) is 0 Å². The van der Waals surface area contributed by atoms with Crippen molar-refractivity contribution in [2.24, 2.45) is 11.8 Å². The third kappa shape index (κ3) is 3.40. The van der Waals surface area contributed by atoms with Crippen molar-refractivity contribution < 1.29 is 19.1 Å². The number of hydrogen-bond acceptors (Lipinski definition) is 4. The molecule has 23 heavy (non-hydrogen) atoms. The van der Waals surface area contributed by atoms with Crippen molar-refractivity contribution in [2.75, 3.05) is 40.0 Å². The van der Waals surface area contributed by atoms with E-state index in [0.29, 0.717) is 38.4 Å². The molecule has 1 aromatic rings. The first-order valence-electron chi connectivity index (χ1n) is 8.01. The highest BCUT2D eigenvalue weighted by molar-refractivity contribution is 5.94. The standard InChI is InChI=1S/C16H23N3O4/c1-22-7-5-18-15(20)13-9-19(10-14-12(13)3-6-23-14)16(21)11-2-4-17-8-11/h2,4,8,12-14,17H,3,5-7,9-10H2,1H3,(H,18,20)/t12-,13+,14+/m0/s1. The van der Waals surface area contributed by atoms with Crippen LogP contribution < -0.4 is 5.32 Å². The maximum atomic E-state index is 12.6. The van der Waals surface area contributed by atoms with E-state index in [2.05, 4.69) is 10.3 Å². The molecule has 0 saturated carbocycles. The number of likely N-dealkylation sites (tertiary alicyclic amines) is 1. The molecule has 2 aliphatic heterocycles. The van der Waals surface area contributed by atoms with Gasteiger partial charge in [-0.1, -0.05) is 0 Å². The van der Waals surface area contributed by atoms with Gasteiger partial charge in [-0.15, -0.1) is 0 Å². The first-order valence-corrected chi connectivity index (χ1v) is 8.01. The Hall–Kier alpha value is -1.86. The molecule has 3 heterocycles. The summed E-state index contributed by atoms with van der Waals surface area (Å²) in [6.07, 6.45) is 4.22. The van der Waals surface area contributed by atoms with E-state index in [1.165, 1.54) is 0 Å². The molecule has 0 spiro atoms. The van der Waals surface area contributed by atoms with E-state index in [0.717, 1.165) is 6.42 Å². The summed E-state index contributed by atoms with van der Waals surface area (Å²) in [4.78, 5) is 29.7. The minimum Gasteiger partial charge on any atom is -0.383 e. The maximum absolute atomic E-state index is 12.6. The number of carbonyl (C=O) groups is 2. The number of nitrogens with one attached hydrogen (secondary N) is 2. The van der Waals surface area contributed by atoms with E-state index in [9.17, 15) is 9.59 Å². The Morgan fingerprint density at radius 2 is 2.35 bits per heavy atom. The molecule has 2 fully saturated rings. The summed E-state index contributed by atoms with van der Waals surface area (Å²) in [5.74, 6) is -0.118.